The molecule has 0 amide bonds. The summed E-state index contributed by atoms with van der Waals surface area (Å²) in [4.78, 5) is 0. The minimum absolute atomic E-state index is 0.260. The van der Waals surface area contributed by atoms with Crippen LogP contribution in [0.5, 0.6) is 0 Å². The Kier molecular flexibility index (Phi) is 4.93. The Hall–Kier alpha value is -0.0500. The van der Waals surface area contributed by atoms with Crippen molar-refractivity contribution in [3.05, 3.63) is 6.92 Å². The van der Waals surface area contributed by atoms with Crippen molar-refractivity contribution in [3.8, 4) is 0 Å². The van der Waals surface area contributed by atoms with Gasteiger partial charge in [-0.1, -0.05) is 39.0 Å². The monoisotopic (exact) mass is 217 g/mol. The first-order valence-electron chi connectivity index (χ1n) is 5.64. The van der Waals surface area contributed by atoms with Crippen LogP contribution in [0, 0.1) is 12.8 Å². The minimum Gasteiger partial charge on any atom is -0.229 e. The van der Waals surface area contributed by atoms with Crippen molar-refractivity contribution in [3.63, 3.8) is 0 Å². The van der Waals surface area contributed by atoms with Crippen LogP contribution in [0.4, 0.5) is 0 Å². The van der Waals surface area contributed by atoms with Gasteiger partial charge in [0.25, 0.3) is 0 Å². The van der Waals surface area contributed by atoms with Crippen LogP contribution in [-0.4, -0.2) is 19.9 Å². The van der Waals surface area contributed by atoms with Crippen molar-refractivity contribution >= 4 is 9.84 Å². The van der Waals surface area contributed by atoms with E-state index in [0.29, 0.717) is 12.2 Å². The SMILES string of the molecule is [CH2]CCS(=O)(=O)CCCCC1CCC1. The Morgan fingerprint density at radius 3 is 2.36 bits per heavy atom. The van der Waals surface area contributed by atoms with Crippen LogP contribution in [0.25, 0.3) is 0 Å². The summed E-state index contributed by atoms with van der Waals surface area (Å²) < 4.78 is 22.6. The van der Waals surface area contributed by atoms with Gasteiger partial charge in [-0.05, 0) is 18.8 Å². The highest BCUT2D eigenvalue weighted by molar-refractivity contribution is 7.91. The minimum atomic E-state index is -2.78. The molecule has 0 aromatic heterocycles. The molecule has 0 heterocycles. The highest BCUT2D eigenvalue weighted by Gasteiger charge is 2.17. The molecule has 1 rings (SSSR count). The lowest BCUT2D eigenvalue weighted by Gasteiger charge is -2.24. The number of rotatable bonds is 7. The largest absolute Gasteiger partial charge is 0.229 e. The summed E-state index contributed by atoms with van der Waals surface area (Å²) in [5.74, 6) is 1.54. The maximum Gasteiger partial charge on any atom is 0.150 e. The molecule has 83 valence electrons. The standard InChI is InChI=1S/C11H21O2S/c1-2-9-14(12,13)10-4-3-6-11-7-5-8-11/h11H,1-10H2. The third-order valence-corrected chi connectivity index (χ3v) is 4.82. The zero-order chi connectivity index (χ0) is 10.4. The Morgan fingerprint density at radius 2 is 1.86 bits per heavy atom. The molecule has 1 fully saturated rings. The van der Waals surface area contributed by atoms with E-state index in [4.69, 9.17) is 0 Å². The molecular weight excluding hydrogens is 196 g/mol. The summed E-state index contributed by atoms with van der Waals surface area (Å²) in [7, 11) is -2.78. The van der Waals surface area contributed by atoms with E-state index >= 15 is 0 Å². The summed E-state index contributed by atoms with van der Waals surface area (Å²) in [6.07, 6.45) is 7.78. The zero-order valence-corrected chi connectivity index (χ0v) is 9.69. The van der Waals surface area contributed by atoms with E-state index in [9.17, 15) is 8.42 Å². The Bertz CT molecular complexity index is 240. The van der Waals surface area contributed by atoms with Gasteiger partial charge in [0.05, 0.1) is 11.5 Å². The van der Waals surface area contributed by atoms with Crippen LogP contribution in [0.1, 0.15) is 44.9 Å². The molecule has 0 unspecified atom stereocenters. The van der Waals surface area contributed by atoms with Gasteiger partial charge >= 0.3 is 0 Å². The molecule has 1 aliphatic carbocycles. The lowest BCUT2D eigenvalue weighted by atomic mass is 9.82. The highest BCUT2D eigenvalue weighted by Crippen LogP contribution is 2.30. The van der Waals surface area contributed by atoms with Crippen molar-refractivity contribution in [1.82, 2.24) is 0 Å². The third kappa shape index (κ3) is 4.45. The predicted octanol–water partition coefficient (Wildman–Crippen LogP) is 2.60. The Labute approximate surface area is 88.0 Å². The molecule has 14 heavy (non-hydrogen) atoms. The van der Waals surface area contributed by atoms with Gasteiger partial charge < -0.3 is 0 Å². The number of hydrogen-bond donors (Lipinski definition) is 0. The zero-order valence-electron chi connectivity index (χ0n) is 8.87. The smallest absolute Gasteiger partial charge is 0.150 e. The van der Waals surface area contributed by atoms with Crippen LogP contribution in [0.3, 0.4) is 0 Å². The van der Waals surface area contributed by atoms with E-state index < -0.39 is 9.84 Å². The van der Waals surface area contributed by atoms with Crippen LogP contribution >= 0.6 is 0 Å². The van der Waals surface area contributed by atoms with Gasteiger partial charge in [-0.2, -0.15) is 0 Å². The molecule has 1 aliphatic rings. The summed E-state index contributed by atoms with van der Waals surface area (Å²) in [6.45, 7) is 3.57. The number of hydrogen-bond acceptors (Lipinski definition) is 2. The van der Waals surface area contributed by atoms with Gasteiger partial charge in [-0.15, -0.1) is 0 Å². The van der Waals surface area contributed by atoms with E-state index in [2.05, 4.69) is 6.92 Å². The second-order valence-electron chi connectivity index (χ2n) is 4.30. The highest BCUT2D eigenvalue weighted by atomic mass is 32.2. The molecule has 3 heteroatoms. The molecule has 0 saturated heterocycles. The van der Waals surface area contributed by atoms with E-state index in [1.54, 1.807) is 0 Å². The Morgan fingerprint density at radius 1 is 1.14 bits per heavy atom. The van der Waals surface area contributed by atoms with Crippen molar-refractivity contribution in [2.75, 3.05) is 11.5 Å². The molecular formula is C11H21O2S. The molecule has 1 radical (unpaired) electrons. The van der Waals surface area contributed by atoms with Crippen LogP contribution in [0.15, 0.2) is 0 Å². The molecule has 0 atom stereocenters. The average molecular weight is 217 g/mol. The molecule has 2 nitrogen and oxygen atoms in total. The molecule has 0 bridgehead atoms. The fourth-order valence-electron chi connectivity index (χ4n) is 1.86. The normalized spacial score (nSPS) is 18.1. The average Bonchev–Trinajstić information content (AvgIpc) is 2.00. The summed E-state index contributed by atoms with van der Waals surface area (Å²) in [5.41, 5.74) is 0. The molecule has 0 aromatic rings. The van der Waals surface area contributed by atoms with Gasteiger partial charge in [0, 0.05) is 0 Å². The topological polar surface area (TPSA) is 34.1 Å². The first-order chi connectivity index (χ1) is 6.64. The maximum absolute atomic E-state index is 11.3. The fraction of sp³-hybridized carbons (Fsp3) is 0.909. The molecule has 0 aromatic carbocycles. The van der Waals surface area contributed by atoms with Gasteiger partial charge in [0.1, 0.15) is 9.84 Å². The van der Waals surface area contributed by atoms with E-state index in [1.165, 1.54) is 25.7 Å². The van der Waals surface area contributed by atoms with Crippen molar-refractivity contribution < 1.29 is 8.42 Å². The van der Waals surface area contributed by atoms with Gasteiger partial charge in [-0.3, -0.25) is 0 Å². The van der Waals surface area contributed by atoms with Crippen molar-refractivity contribution in [1.29, 1.82) is 0 Å². The van der Waals surface area contributed by atoms with E-state index in [1.807, 2.05) is 0 Å². The first-order valence-corrected chi connectivity index (χ1v) is 7.46. The lowest BCUT2D eigenvalue weighted by Crippen LogP contribution is -2.13. The summed E-state index contributed by atoms with van der Waals surface area (Å²) >= 11 is 0. The fourth-order valence-corrected chi connectivity index (χ4v) is 3.15. The van der Waals surface area contributed by atoms with Crippen LogP contribution < -0.4 is 0 Å². The van der Waals surface area contributed by atoms with Gasteiger partial charge in [0.15, 0.2) is 0 Å². The van der Waals surface area contributed by atoms with Crippen molar-refractivity contribution in [2.24, 2.45) is 5.92 Å². The number of unbranched alkanes of at least 4 members (excludes halogenated alkanes) is 1. The van der Waals surface area contributed by atoms with Crippen LogP contribution in [-0.2, 0) is 9.84 Å². The van der Waals surface area contributed by atoms with E-state index in [-0.39, 0.29) is 5.75 Å². The lowest BCUT2D eigenvalue weighted by molar-refractivity contribution is 0.289. The number of sulfone groups is 1. The summed E-state index contributed by atoms with van der Waals surface area (Å²) in [5, 5.41) is 0. The first kappa shape index (κ1) is 12.0. The molecule has 0 spiro atoms. The maximum atomic E-state index is 11.3. The quantitative estimate of drug-likeness (QED) is 0.614. The van der Waals surface area contributed by atoms with Gasteiger partial charge in [0.2, 0.25) is 0 Å². The van der Waals surface area contributed by atoms with Gasteiger partial charge in [-0.25, -0.2) is 8.42 Å². The second kappa shape index (κ2) is 5.74. The second-order valence-corrected chi connectivity index (χ2v) is 6.60. The molecule has 0 aliphatic heterocycles. The molecule has 0 N–H and O–H groups in total. The molecule has 1 saturated carbocycles. The van der Waals surface area contributed by atoms with Crippen molar-refractivity contribution in [2.45, 2.75) is 44.9 Å². The van der Waals surface area contributed by atoms with Crippen LogP contribution in [0.2, 0.25) is 0 Å². The third-order valence-electron chi connectivity index (χ3n) is 3.00. The summed E-state index contributed by atoms with van der Waals surface area (Å²) in [6, 6.07) is 0. The van der Waals surface area contributed by atoms with E-state index in [0.717, 1.165) is 18.8 Å². The predicted molar refractivity (Wildman–Crippen MR) is 59.8 cm³/mol. The Balaban J connectivity index is 2.02.